The molecule has 4 heteroatoms. The highest BCUT2D eigenvalue weighted by atomic mass is 16.3. The third-order valence-electron chi connectivity index (χ3n) is 13.1. The fourth-order valence-electron chi connectivity index (χ4n) is 10.2. The number of para-hydroxylation sites is 5. The van der Waals surface area contributed by atoms with E-state index in [-0.39, 0.29) is 0 Å². The molecule has 2 heterocycles. The fourth-order valence-corrected chi connectivity index (χ4v) is 10.2. The Morgan fingerprint density at radius 3 is 1.67 bits per heavy atom. The average molecular weight is 844 g/mol. The molecule has 0 bridgehead atoms. The van der Waals surface area contributed by atoms with Gasteiger partial charge in [0, 0.05) is 50.3 Å². The molecule has 0 aliphatic heterocycles. The summed E-state index contributed by atoms with van der Waals surface area (Å²) in [6.45, 7) is 0. The SMILES string of the molecule is c1ccc(N(c2cc(-c3cc4ccccc4c4ccccc34)cc(N(c3ccccc3)c3cccc4oc5ccccc5c34)c2)c2ccc3c4ccccc4n(-c4ccccc4)c3c2)cc1. The fraction of sp³-hybridized carbons (Fsp3) is 0. The highest BCUT2D eigenvalue weighted by Gasteiger charge is 2.24. The number of hydrogen-bond acceptors (Lipinski definition) is 3. The van der Waals surface area contributed by atoms with Crippen LogP contribution in [-0.4, -0.2) is 4.57 Å². The van der Waals surface area contributed by atoms with Gasteiger partial charge in [0.05, 0.1) is 22.1 Å². The Balaban J connectivity index is 1.13. The molecule has 0 saturated carbocycles. The summed E-state index contributed by atoms with van der Waals surface area (Å²) in [4.78, 5) is 4.82. The van der Waals surface area contributed by atoms with Crippen molar-refractivity contribution in [1.82, 2.24) is 4.57 Å². The molecule has 11 aromatic carbocycles. The number of furan rings is 1. The normalized spacial score (nSPS) is 11.6. The van der Waals surface area contributed by atoms with Crippen LogP contribution in [0.3, 0.4) is 0 Å². The van der Waals surface area contributed by atoms with Crippen molar-refractivity contribution >= 4 is 99.4 Å². The van der Waals surface area contributed by atoms with Crippen molar-refractivity contribution < 1.29 is 4.42 Å². The van der Waals surface area contributed by atoms with Crippen LogP contribution in [0.1, 0.15) is 0 Å². The summed E-state index contributed by atoms with van der Waals surface area (Å²) in [5.41, 5.74) is 13.7. The molecular formula is C62H41N3O. The quantitative estimate of drug-likeness (QED) is 0.142. The van der Waals surface area contributed by atoms with Gasteiger partial charge in [-0.25, -0.2) is 0 Å². The maximum Gasteiger partial charge on any atom is 0.137 e. The van der Waals surface area contributed by atoms with E-state index in [0.717, 1.165) is 72.8 Å². The van der Waals surface area contributed by atoms with Gasteiger partial charge in [0.1, 0.15) is 11.2 Å². The van der Waals surface area contributed by atoms with Crippen molar-refractivity contribution in [1.29, 1.82) is 0 Å². The number of rotatable bonds is 8. The van der Waals surface area contributed by atoms with Gasteiger partial charge in [-0.3, -0.25) is 0 Å². The second-order valence-electron chi connectivity index (χ2n) is 16.9. The van der Waals surface area contributed by atoms with E-state index in [4.69, 9.17) is 4.42 Å². The van der Waals surface area contributed by atoms with Crippen LogP contribution >= 0.6 is 0 Å². The summed E-state index contributed by atoms with van der Waals surface area (Å²) < 4.78 is 8.93. The van der Waals surface area contributed by atoms with Crippen LogP contribution in [0.4, 0.5) is 34.1 Å². The Hall–Kier alpha value is -8.86. The first-order valence-electron chi connectivity index (χ1n) is 22.5. The maximum absolute atomic E-state index is 6.54. The minimum atomic E-state index is 0.847. The smallest absolute Gasteiger partial charge is 0.137 e. The van der Waals surface area contributed by atoms with Gasteiger partial charge in [-0.05, 0) is 130 Å². The minimum absolute atomic E-state index is 0.847. The molecule has 0 spiro atoms. The Morgan fingerprint density at radius 2 is 0.894 bits per heavy atom. The zero-order chi connectivity index (χ0) is 43.6. The van der Waals surface area contributed by atoms with E-state index < -0.39 is 0 Å². The van der Waals surface area contributed by atoms with E-state index in [9.17, 15) is 0 Å². The van der Waals surface area contributed by atoms with E-state index in [1.54, 1.807) is 0 Å². The summed E-state index contributed by atoms with van der Waals surface area (Å²) in [6, 6.07) is 89.6. The van der Waals surface area contributed by atoms with Gasteiger partial charge in [0.25, 0.3) is 0 Å². The van der Waals surface area contributed by atoms with Crippen molar-refractivity contribution in [2.75, 3.05) is 9.80 Å². The number of anilines is 6. The van der Waals surface area contributed by atoms with Crippen LogP contribution < -0.4 is 9.80 Å². The molecule has 310 valence electrons. The topological polar surface area (TPSA) is 24.6 Å². The van der Waals surface area contributed by atoms with Gasteiger partial charge in [0.2, 0.25) is 0 Å². The van der Waals surface area contributed by atoms with Crippen molar-refractivity contribution in [3.05, 3.63) is 249 Å². The number of aromatic nitrogens is 1. The Labute approximate surface area is 382 Å². The molecule has 0 amide bonds. The first kappa shape index (κ1) is 37.7. The molecule has 0 aliphatic rings. The lowest BCUT2D eigenvalue weighted by atomic mass is 9.92. The lowest BCUT2D eigenvalue weighted by Crippen LogP contribution is -2.14. The molecule has 0 unspecified atom stereocenters. The van der Waals surface area contributed by atoms with Crippen LogP contribution in [0, 0.1) is 0 Å². The molecule has 4 nitrogen and oxygen atoms in total. The summed E-state index contributed by atoms with van der Waals surface area (Å²) in [5, 5.41) is 9.45. The molecule has 0 atom stereocenters. The van der Waals surface area contributed by atoms with Gasteiger partial charge in [-0.15, -0.1) is 0 Å². The van der Waals surface area contributed by atoms with E-state index in [1.165, 1.54) is 43.4 Å². The summed E-state index contributed by atoms with van der Waals surface area (Å²) in [6.07, 6.45) is 0. The average Bonchev–Trinajstić information content (AvgIpc) is 3.93. The molecule has 66 heavy (non-hydrogen) atoms. The third kappa shape index (κ3) is 6.15. The predicted molar refractivity (Wildman–Crippen MR) is 278 cm³/mol. The Kier molecular flexibility index (Phi) is 8.81. The molecule has 13 rings (SSSR count). The second kappa shape index (κ2) is 15.4. The van der Waals surface area contributed by atoms with Crippen molar-refractivity contribution in [2.24, 2.45) is 0 Å². The zero-order valence-corrected chi connectivity index (χ0v) is 35.9. The van der Waals surface area contributed by atoms with Crippen molar-refractivity contribution in [3.63, 3.8) is 0 Å². The van der Waals surface area contributed by atoms with Crippen molar-refractivity contribution in [3.8, 4) is 16.8 Å². The van der Waals surface area contributed by atoms with Crippen LogP contribution in [0.25, 0.3) is 82.1 Å². The van der Waals surface area contributed by atoms with Crippen LogP contribution in [-0.2, 0) is 0 Å². The van der Waals surface area contributed by atoms with E-state index in [2.05, 4.69) is 257 Å². The van der Waals surface area contributed by atoms with Gasteiger partial charge in [-0.2, -0.15) is 0 Å². The van der Waals surface area contributed by atoms with Crippen molar-refractivity contribution in [2.45, 2.75) is 0 Å². The number of benzene rings is 11. The molecule has 0 fully saturated rings. The molecule has 0 radical (unpaired) electrons. The number of hydrogen-bond donors (Lipinski definition) is 0. The summed E-state index contributed by atoms with van der Waals surface area (Å²) in [7, 11) is 0. The predicted octanol–water partition coefficient (Wildman–Crippen LogP) is 17.6. The number of nitrogens with zero attached hydrogens (tertiary/aromatic N) is 3. The molecule has 0 aliphatic carbocycles. The van der Waals surface area contributed by atoms with E-state index in [1.807, 2.05) is 6.07 Å². The standard InChI is InChI=1S/C62H41N3O/c1-4-20-44(21-5-1)63(47-35-36-54-53-29-14-16-31-57(53)65(59(54)41-47)46-24-8-3-9-25-46)48-37-43(56-39-42-19-10-11-26-50(42)51-27-12-13-28-52(51)56)38-49(40-48)64(45-22-6-2-7-23-45)58-32-18-34-61-62(58)55-30-15-17-33-60(55)66-61/h1-41H. The molecule has 0 N–H and O–H groups in total. The largest absolute Gasteiger partial charge is 0.456 e. The lowest BCUT2D eigenvalue weighted by molar-refractivity contribution is 0.669. The Morgan fingerprint density at radius 1 is 0.318 bits per heavy atom. The van der Waals surface area contributed by atoms with E-state index in [0.29, 0.717) is 0 Å². The first-order valence-corrected chi connectivity index (χ1v) is 22.5. The van der Waals surface area contributed by atoms with E-state index >= 15 is 0 Å². The highest BCUT2D eigenvalue weighted by molar-refractivity contribution is 6.16. The molecular weight excluding hydrogens is 803 g/mol. The lowest BCUT2D eigenvalue weighted by Gasteiger charge is -2.31. The first-order chi connectivity index (χ1) is 32.7. The van der Waals surface area contributed by atoms with Gasteiger partial charge in [-0.1, -0.05) is 152 Å². The summed E-state index contributed by atoms with van der Waals surface area (Å²) >= 11 is 0. The van der Waals surface area contributed by atoms with Gasteiger partial charge < -0.3 is 18.8 Å². The van der Waals surface area contributed by atoms with Gasteiger partial charge >= 0.3 is 0 Å². The zero-order valence-electron chi connectivity index (χ0n) is 35.9. The molecule has 2 aromatic heterocycles. The number of fused-ring (bicyclic) bond motifs is 9. The minimum Gasteiger partial charge on any atom is -0.456 e. The molecule has 0 saturated heterocycles. The monoisotopic (exact) mass is 843 g/mol. The van der Waals surface area contributed by atoms with Gasteiger partial charge in [0.15, 0.2) is 0 Å². The van der Waals surface area contributed by atoms with Crippen LogP contribution in [0.5, 0.6) is 0 Å². The Bertz CT molecular complexity index is 3950. The summed E-state index contributed by atoms with van der Waals surface area (Å²) in [5.74, 6) is 0. The second-order valence-corrected chi connectivity index (χ2v) is 16.9. The van der Waals surface area contributed by atoms with Crippen LogP contribution in [0.2, 0.25) is 0 Å². The molecule has 13 aromatic rings. The highest BCUT2D eigenvalue weighted by Crippen LogP contribution is 2.48. The maximum atomic E-state index is 6.54. The van der Waals surface area contributed by atoms with Crippen LogP contribution in [0.15, 0.2) is 253 Å². The third-order valence-corrected chi connectivity index (χ3v) is 13.1.